The van der Waals surface area contributed by atoms with Crippen molar-refractivity contribution in [2.24, 2.45) is 7.05 Å². The Hall–Kier alpha value is -3.36. The van der Waals surface area contributed by atoms with Crippen LogP contribution in [0, 0.1) is 6.92 Å². The highest BCUT2D eigenvalue weighted by molar-refractivity contribution is 5.92. The lowest BCUT2D eigenvalue weighted by atomic mass is 9.90. The SMILES string of the molecule is Cc1ccc2nc(C(F)(F)F)cc(N[C@H]3CCC[C@@H](Nc4nccc5ncn(C)c45)C3)c2c1. The fourth-order valence-corrected chi connectivity index (χ4v) is 4.68. The molecule has 1 saturated carbocycles. The fraction of sp³-hybridized carbons (Fsp3) is 0.375. The van der Waals surface area contributed by atoms with Crippen molar-refractivity contribution in [2.45, 2.75) is 50.9 Å². The van der Waals surface area contributed by atoms with Crippen molar-refractivity contribution in [1.29, 1.82) is 0 Å². The molecule has 1 aliphatic carbocycles. The molecule has 0 amide bonds. The van der Waals surface area contributed by atoms with Crippen molar-refractivity contribution in [3.63, 3.8) is 0 Å². The summed E-state index contributed by atoms with van der Waals surface area (Å²) < 4.78 is 42.4. The quantitative estimate of drug-likeness (QED) is 0.415. The molecule has 0 saturated heterocycles. The number of imidazole rings is 1. The summed E-state index contributed by atoms with van der Waals surface area (Å²) in [7, 11) is 1.93. The van der Waals surface area contributed by atoms with E-state index in [1.165, 1.54) is 0 Å². The molecule has 0 bridgehead atoms. The van der Waals surface area contributed by atoms with Gasteiger partial charge in [-0.15, -0.1) is 0 Å². The van der Waals surface area contributed by atoms with Crippen molar-refractivity contribution in [1.82, 2.24) is 19.5 Å². The van der Waals surface area contributed by atoms with Gasteiger partial charge in [0.25, 0.3) is 0 Å². The number of hydrogen-bond acceptors (Lipinski definition) is 5. The molecular weight excluding hydrogens is 429 g/mol. The summed E-state index contributed by atoms with van der Waals surface area (Å²) in [4.78, 5) is 12.7. The van der Waals surface area contributed by atoms with E-state index in [2.05, 4.69) is 25.6 Å². The van der Waals surface area contributed by atoms with E-state index < -0.39 is 11.9 Å². The van der Waals surface area contributed by atoms with Crippen molar-refractivity contribution in [2.75, 3.05) is 10.6 Å². The zero-order valence-corrected chi connectivity index (χ0v) is 18.4. The third kappa shape index (κ3) is 4.31. The first-order chi connectivity index (χ1) is 15.8. The lowest BCUT2D eigenvalue weighted by molar-refractivity contribution is -0.140. The average molecular weight is 455 g/mol. The zero-order valence-electron chi connectivity index (χ0n) is 18.4. The van der Waals surface area contributed by atoms with Crippen molar-refractivity contribution in [3.8, 4) is 0 Å². The summed E-state index contributed by atoms with van der Waals surface area (Å²) in [5.41, 5.74) is 2.74. The summed E-state index contributed by atoms with van der Waals surface area (Å²) in [6, 6.07) is 8.52. The second kappa shape index (κ2) is 8.20. The molecule has 4 aromatic rings. The second-order valence-electron chi connectivity index (χ2n) is 8.81. The molecule has 0 spiro atoms. The summed E-state index contributed by atoms with van der Waals surface area (Å²) in [6.45, 7) is 1.92. The molecule has 1 aliphatic rings. The maximum Gasteiger partial charge on any atom is 0.433 e. The first-order valence-electron chi connectivity index (χ1n) is 11.1. The number of hydrogen-bond donors (Lipinski definition) is 2. The second-order valence-corrected chi connectivity index (χ2v) is 8.81. The number of halogens is 3. The molecule has 3 heterocycles. The van der Waals surface area contributed by atoms with Crippen LogP contribution in [-0.2, 0) is 13.2 Å². The van der Waals surface area contributed by atoms with E-state index in [0.717, 1.165) is 54.2 Å². The molecule has 2 atom stereocenters. The van der Waals surface area contributed by atoms with E-state index in [0.29, 0.717) is 16.6 Å². The molecule has 3 aromatic heterocycles. The van der Waals surface area contributed by atoms with Crippen molar-refractivity contribution in [3.05, 3.63) is 54.1 Å². The maximum absolute atomic E-state index is 13.5. The molecule has 0 radical (unpaired) electrons. The van der Waals surface area contributed by atoms with Gasteiger partial charge >= 0.3 is 6.18 Å². The number of rotatable bonds is 4. The van der Waals surface area contributed by atoms with Crippen LogP contribution < -0.4 is 10.6 Å². The molecule has 172 valence electrons. The zero-order chi connectivity index (χ0) is 23.2. The van der Waals surface area contributed by atoms with E-state index in [1.54, 1.807) is 24.7 Å². The highest BCUT2D eigenvalue weighted by Gasteiger charge is 2.34. The van der Waals surface area contributed by atoms with Gasteiger partial charge in [0.15, 0.2) is 5.82 Å². The van der Waals surface area contributed by atoms with E-state index in [1.807, 2.05) is 30.7 Å². The van der Waals surface area contributed by atoms with E-state index in [9.17, 15) is 13.2 Å². The third-order valence-corrected chi connectivity index (χ3v) is 6.25. The maximum atomic E-state index is 13.5. The largest absolute Gasteiger partial charge is 0.433 e. The lowest BCUT2D eigenvalue weighted by Gasteiger charge is -2.32. The first-order valence-corrected chi connectivity index (χ1v) is 11.1. The topological polar surface area (TPSA) is 67.7 Å². The Morgan fingerprint density at radius 2 is 1.79 bits per heavy atom. The molecule has 2 N–H and O–H groups in total. The first kappa shape index (κ1) is 21.5. The Morgan fingerprint density at radius 3 is 2.58 bits per heavy atom. The highest BCUT2D eigenvalue weighted by Crippen LogP contribution is 2.35. The van der Waals surface area contributed by atoms with Crippen LogP contribution in [0.5, 0.6) is 0 Å². The van der Waals surface area contributed by atoms with Gasteiger partial charge in [-0.25, -0.2) is 15.0 Å². The molecule has 33 heavy (non-hydrogen) atoms. The molecular formula is C24H25F3N6. The summed E-state index contributed by atoms with van der Waals surface area (Å²) in [5.74, 6) is 0.780. The number of pyridine rings is 2. The van der Waals surface area contributed by atoms with Crippen LogP contribution in [0.3, 0.4) is 0 Å². The average Bonchev–Trinajstić information content (AvgIpc) is 3.15. The minimum Gasteiger partial charge on any atom is -0.382 e. The van der Waals surface area contributed by atoms with Crippen molar-refractivity contribution >= 4 is 33.4 Å². The number of fused-ring (bicyclic) bond motifs is 2. The number of nitrogens with one attached hydrogen (secondary N) is 2. The van der Waals surface area contributed by atoms with Crippen LogP contribution in [0.25, 0.3) is 21.9 Å². The van der Waals surface area contributed by atoms with Gasteiger partial charge in [0.05, 0.1) is 17.4 Å². The minimum absolute atomic E-state index is 0.0363. The Bertz CT molecular complexity index is 1310. The van der Waals surface area contributed by atoms with Gasteiger partial charge in [0.2, 0.25) is 0 Å². The van der Waals surface area contributed by atoms with E-state index in [-0.39, 0.29) is 12.1 Å². The van der Waals surface area contributed by atoms with Gasteiger partial charge in [0, 0.05) is 36.4 Å². The van der Waals surface area contributed by atoms with Gasteiger partial charge in [-0.1, -0.05) is 11.6 Å². The van der Waals surface area contributed by atoms with Gasteiger partial charge in [-0.05, 0) is 56.9 Å². The monoisotopic (exact) mass is 454 g/mol. The molecule has 1 fully saturated rings. The number of alkyl halides is 3. The van der Waals surface area contributed by atoms with Crippen LogP contribution in [0.2, 0.25) is 0 Å². The van der Waals surface area contributed by atoms with Crippen LogP contribution in [0.1, 0.15) is 36.9 Å². The van der Waals surface area contributed by atoms with Crippen LogP contribution in [0.15, 0.2) is 42.9 Å². The Morgan fingerprint density at radius 1 is 1.00 bits per heavy atom. The van der Waals surface area contributed by atoms with Gasteiger partial charge in [-0.3, -0.25) is 0 Å². The van der Waals surface area contributed by atoms with Crippen LogP contribution >= 0.6 is 0 Å². The van der Waals surface area contributed by atoms with Gasteiger partial charge in [-0.2, -0.15) is 13.2 Å². The minimum atomic E-state index is -4.50. The smallest absolute Gasteiger partial charge is 0.382 e. The number of benzene rings is 1. The molecule has 6 nitrogen and oxygen atoms in total. The standard InChI is InChI=1S/C24H25F3N6/c1-14-6-7-18-17(10-14)20(12-21(32-18)24(25,26)27)30-15-4-3-5-16(11-15)31-23-22-19(8-9-28-23)29-13-33(22)2/h6-10,12-13,15-16H,3-5,11H2,1-2H3,(H,28,31)(H,30,32)/t15-,16+/m0/s1. The molecule has 9 heteroatoms. The molecule has 0 aliphatic heterocycles. The Kier molecular flexibility index (Phi) is 5.34. The Labute approximate surface area is 189 Å². The number of aromatic nitrogens is 4. The summed E-state index contributed by atoms with van der Waals surface area (Å²) in [5, 5.41) is 7.66. The van der Waals surface area contributed by atoms with E-state index >= 15 is 0 Å². The number of anilines is 2. The third-order valence-electron chi connectivity index (χ3n) is 6.25. The Balaban J connectivity index is 1.40. The number of nitrogens with zero attached hydrogens (tertiary/aromatic N) is 4. The van der Waals surface area contributed by atoms with Crippen LogP contribution in [0.4, 0.5) is 24.7 Å². The highest BCUT2D eigenvalue weighted by atomic mass is 19.4. The fourth-order valence-electron chi connectivity index (χ4n) is 4.68. The van der Waals surface area contributed by atoms with Crippen molar-refractivity contribution < 1.29 is 13.2 Å². The predicted molar refractivity (Wildman–Crippen MR) is 123 cm³/mol. The summed E-state index contributed by atoms with van der Waals surface area (Å²) >= 11 is 0. The lowest BCUT2D eigenvalue weighted by Crippen LogP contribution is -2.34. The normalized spacial score (nSPS) is 19.2. The van der Waals surface area contributed by atoms with Gasteiger partial charge in [0.1, 0.15) is 11.2 Å². The number of aryl methyl sites for hydroxylation is 2. The molecule has 5 rings (SSSR count). The molecule has 1 aromatic carbocycles. The predicted octanol–water partition coefficient (Wildman–Crippen LogP) is 5.68. The van der Waals surface area contributed by atoms with Crippen LogP contribution in [-0.4, -0.2) is 31.6 Å². The summed E-state index contributed by atoms with van der Waals surface area (Å²) in [6.07, 6.45) is 2.59. The van der Waals surface area contributed by atoms with Gasteiger partial charge < -0.3 is 15.2 Å². The van der Waals surface area contributed by atoms with E-state index in [4.69, 9.17) is 0 Å². The molecule has 0 unspecified atom stereocenters.